The molecule has 0 saturated carbocycles. The third-order valence-corrected chi connectivity index (χ3v) is 5.15. The molecular formula is C26H34N4O2. The Morgan fingerprint density at radius 1 is 0.938 bits per heavy atom. The van der Waals surface area contributed by atoms with Gasteiger partial charge in [-0.1, -0.05) is 60.7 Å². The second-order valence-corrected chi connectivity index (χ2v) is 8.00. The molecule has 32 heavy (non-hydrogen) atoms. The van der Waals surface area contributed by atoms with E-state index < -0.39 is 11.4 Å². The Balaban J connectivity index is 0.000000520. The molecule has 0 spiro atoms. The molecule has 0 amide bonds. The van der Waals surface area contributed by atoms with Gasteiger partial charge in [-0.25, -0.2) is 4.98 Å². The normalized spacial score (nSPS) is 10.7. The van der Waals surface area contributed by atoms with Gasteiger partial charge in [0, 0.05) is 12.7 Å². The van der Waals surface area contributed by atoms with Crippen LogP contribution in [0, 0.1) is 0 Å². The molecular weight excluding hydrogens is 400 g/mol. The number of carboxylic acids is 1. The lowest BCUT2D eigenvalue weighted by Crippen LogP contribution is -2.28. The Morgan fingerprint density at radius 2 is 1.56 bits per heavy atom. The van der Waals surface area contributed by atoms with Crippen LogP contribution in [0.25, 0.3) is 0 Å². The summed E-state index contributed by atoms with van der Waals surface area (Å²) in [4.78, 5) is 15.3. The van der Waals surface area contributed by atoms with Crippen molar-refractivity contribution >= 4 is 17.5 Å². The standard InChI is InChI=1S/C20H28N4O2.C6H6/c1-20(2,19(25)26)16-8-6-15(7-9-16)10-14-22-11-4-13-23-17-5-3-12-24-18(17)21;1-2-4-6-5-3-1/h3,5-9,12,22-23H,4,10-11,13-14H2,1-2H3,(H2,21,24)(H,25,26);1-6H. The van der Waals surface area contributed by atoms with Crippen molar-refractivity contribution < 1.29 is 9.90 Å². The van der Waals surface area contributed by atoms with Gasteiger partial charge in [-0.15, -0.1) is 0 Å². The number of nitrogens with zero attached hydrogens (tertiary/aromatic N) is 1. The molecule has 0 bridgehead atoms. The summed E-state index contributed by atoms with van der Waals surface area (Å²) in [5, 5.41) is 16.0. The summed E-state index contributed by atoms with van der Waals surface area (Å²) < 4.78 is 0. The number of rotatable bonds is 10. The molecule has 0 atom stereocenters. The second-order valence-electron chi connectivity index (χ2n) is 8.00. The van der Waals surface area contributed by atoms with Crippen molar-refractivity contribution in [3.8, 4) is 0 Å². The first kappa shape index (κ1) is 24.9. The number of anilines is 2. The van der Waals surface area contributed by atoms with Gasteiger partial charge in [-0.2, -0.15) is 0 Å². The topological polar surface area (TPSA) is 100 Å². The number of nitrogens with two attached hydrogens (primary N) is 1. The molecule has 0 fully saturated rings. The van der Waals surface area contributed by atoms with E-state index in [0.29, 0.717) is 5.82 Å². The van der Waals surface area contributed by atoms with Crippen molar-refractivity contribution in [1.29, 1.82) is 0 Å². The maximum absolute atomic E-state index is 11.3. The van der Waals surface area contributed by atoms with Crippen LogP contribution >= 0.6 is 0 Å². The van der Waals surface area contributed by atoms with Gasteiger partial charge in [0.1, 0.15) is 5.82 Å². The average Bonchev–Trinajstić information content (AvgIpc) is 2.81. The van der Waals surface area contributed by atoms with Gasteiger partial charge in [0.05, 0.1) is 11.1 Å². The number of hydrogen-bond donors (Lipinski definition) is 4. The minimum absolute atomic E-state index is 0.523. The molecule has 1 heterocycles. The highest BCUT2D eigenvalue weighted by Crippen LogP contribution is 2.23. The van der Waals surface area contributed by atoms with Gasteiger partial charge in [0.2, 0.25) is 0 Å². The lowest BCUT2D eigenvalue weighted by Gasteiger charge is -2.19. The van der Waals surface area contributed by atoms with Gasteiger partial charge >= 0.3 is 5.97 Å². The van der Waals surface area contributed by atoms with Crippen molar-refractivity contribution in [3.05, 3.63) is 90.1 Å². The van der Waals surface area contributed by atoms with Gasteiger partial charge in [-0.3, -0.25) is 4.79 Å². The molecule has 0 aliphatic rings. The fourth-order valence-electron chi connectivity index (χ4n) is 2.96. The zero-order valence-electron chi connectivity index (χ0n) is 18.9. The van der Waals surface area contributed by atoms with Crippen LogP contribution in [-0.2, 0) is 16.6 Å². The summed E-state index contributed by atoms with van der Waals surface area (Å²) in [5.74, 6) is -0.288. The van der Waals surface area contributed by atoms with Crippen LogP contribution < -0.4 is 16.4 Å². The number of benzene rings is 2. The largest absolute Gasteiger partial charge is 0.481 e. The number of aliphatic carboxylic acids is 1. The molecule has 5 N–H and O–H groups in total. The van der Waals surface area contributed by atoms with Crippen LogP contribution in [-0.4, -0.2) is 35.7 Å². The summed E-state index contributed by atoms with van der Waals surface area (Å²) in [6.45, 7) is 6.08. The van der Waals surface area contributed by atoms with E-state index in [1.807, 2.05) is 72.8 Å². The number of pyridine rings is 1. The number of nitrogens with one attached hydrogen (secondary N) is 2. The number of aromatic nitrogens is 1. The van der Waals surface area contributed by atoms with Gasteiger partial charge in [0.25, 0.3) is 0 Å². The van der Waals surface area contributed by atoms with Crippen LogP contribution in [0.1, 0.15) is 31.4 Å². The van der Waals surface area contributed by atoms with E-state index in [1.54, 1.807) is 20.0 Å². The van der Waals surface area contributed by atoms with Crippen LogP contribution in [0.3, 0.4) is 0 Å². The molecule has 0 unspecified atom stereocenters. The smallest absolute Gasteiger partial charge is 0.313 e. The van der Waals surface area contributed by atoms with E-state index in [4.69, 9.17) is 5.73 Å². The Hall–Kier alpha value is -3.38. The molecule has 0 aliphatic carbocycles. The number of carbonyl (C=O) groups is 1. The molecule has 6 nitrogen and oxygen atoms in total. The monoisotopic (exact) mass is 434 g/mol. The molecule has 6 heteroatoms. The molecule has 3 aromatic rings. The Morgan fingerprint density at radius 3 is 2.12 bits per heavy atom. The highest BCUT2D eigenvalue weighted by molar-refractivity contribution is 5.80. The maximum atomic E-state index is 11.3. The highest BCUT2D eigenvalue weighted by atomic mass is 16.4. The lowest BCUT2D eigenvalue weighted by molar-refractivity contribution is -0.142. The predicted octanol–water partition coefficient (Wildman–Crippen LogP) is 4.35. The minimum atomic E-state index is -0.860. The maximum Gasteiger partial charge on any atom is 0.313 e. The fourth-order valence-corrected chi connectivity index (χ4v) is 2.96. The molecule has 3 rings (SSSR count). The molecule has 0 aliphatic heterocycles. The fraction of sp³-hybridized carbons (Fsp3) is 0.308. The molecule has 0 radical (unpaired) electrons. The summed E-state index contributed by atoms with van der Waals surface area (Å²) in [6.07, 6.45) is 3.58. The van der Waals surface area contributed by atoms with Gasteiger partial charge in [-0.05, 0) is 63.0 Å². The predicted molar refractivity (Wildman–Crippen MR) is 132 cm³/mol. The summed E-state index contributed by atoms with van der Waals surface area (Å²) in [5.41, 5.74) is 7.81. The first-order valence-corrected chi connectivity index (χ1v) is 10.9. The summed E-state index contributed by atoms with van der Waals surface area (Å²) in [6, 6.07) is 23.6. The van der Waals surface area contributed by atoms with Crippen molar-refractivity contribution in [2.75, 3.05) is 30.7 Å². The molecule has 0 saturated heterocycles. The van der Waals surface area contributed by atoms with E-state index in [1.165, 1.54) is 5.56 Å². The lowest BCUT2D eigenvalue weighted by atomic mass is 9.84. The summed E-state index contributed by atoms with van der Waals surface area (Å²) >= 11 is 0. The number of hydrogen-bond acceptors (Lipinski definition) is 5. The van der Waals surface area contributed by atoms with E-state index in [-0.39, 0.29) is 0 Å². The van der Waals surface area contributed by atoms with Gasteiger partial charge < -0.3 is 21.5 Å². The van der Waals surface area contributed by atoms with Crippen molar-refractivity contribution in [3.63, 3.8) is 0 Å². The Bertz CT molecular complexity index is 901. The zero-order chi connectivity index (χ0) is 23.2. The van der Waals surface area contributed by atoms with Crippen LogP contribution in [0.15, 0.2) is 79.0 Å². The Kier molecular flexibility index (Phi) is 10.2. The van der Waals surface area contributed by atoms with E-state index in [2.05, 4.69) is 15.6 Å². The molecule has 170 valence electrons. The second kappa shape index (κ2) is 13.1. The average molecular weight is 435 g/mol. The summed E-state index contributed by atoms with van der Waals surface area (Å²) in [7, 11) is 0. The zero-order valence-corrected chi connectivity index (χ0v) is 18.9. The number of nitrogen functional groups attached to an aromatic ring is 1. The van der Waals surface area contributed by atoms with Crippen molar-refractivity contribution in [2.24, 2.45) is 0 Å². The van der Waals surface area contributed by atoms with Crippen LogP contribution in [0.5, 0.6) is 0 Å². The molecule has 2 aromatic carbocycles. The minimum Gasteiger partial charge on any atom is -0.481 e. The van der Waals surface area contributed by atoms with E-state index >= 15 is 0 Å². The van der Waals surface area contributed by atoms with Gasteiger partial charge in [0.15, 0.2) is 0 Å². The third-order valence-electron chi connectivity index (χ3n) is 5.15. The SMILES string of the molecule is CC(C)(C(=O)O)c1ccc(CCNCCCNc2cccnc2N)cc1.c1ccccc1. The van der Waals surface area contributed by atoms with E-state index in [0.717, 1.165) is 43.7 Å². The Labute approximate surface area is 190 Å². The first-order chi connectivity index (χ1) is 15.4. The molecule has 1 aromatic heterocycles. The van der Waals surface area contributed by atoms with Crippen molar-refractivity contribution in [1.82, 2.24) is 10.3 Å². The number of carboxylic acid groups (broad SMARTS) is 1. The van der Waals surface area contributed by atoms with E-state index in [9.17, 15) is 9.90 Å². The quantitative estimate of drug-likeness (QED) is 0.354. The third kappa shape index (κ3) is 8.40. The highest BCUT2D eigenvalue weighted by Gasteiger charge is 2.28. The van der Waals surface area contributed by atoms with Crippen LogP contribution in [0.4, 0.5) is 11.5 Å². The van der Waals surface area contributed by atoms with Crippen molar-refractivity contribution in [2.45, 2.75) is 32.1 Å². The van der Waals surface area contributed by atoms with Crippen LogP contribution in [0.2, 0.25) is 0 Å². The first-order valence-electron chi connectivity index (χ1n) is 10.9.